The maximum atomic E-state index is 12.3. The maximum Gasteiger partial charge on any atom is 0.223 e. The minimum absolute atomic E-state index is 0.258. The fourth-order valence-corrected chi connectivity index (χ4v) is 6.06. The highest BCUT2D eigenvalue weighted by atomic mass is 16.5. The second-order valence-corrected chi connectivity index (χ2v) is 9.91. The number of benzene rings is 1. The smallest absolute Gasteiger partial charge is 0.223 e. The van der Waals surface area contributed by atoms with Crippen LogP contribution in [0.3, 0.4) is 0 Å². The van der Waals surface area contributed by atoms with Gasteiger partial charge in [0.25, 0.3) is 0 Å². The van der Waals surface area contributed by atoms with Crippen LogP contribution in [0, 0.1) is 5.92 Å². The average molecular weight is 486 g/mol. The molecule has 2 unspecified atom stereocenters. The predicted octanol–water partition coefficient (Wildman–Crippen LogP) is 2.49. The summed E-state index contributed by atoms with van der Waals surface area (Å²) in [4.78, 5) is 41.2. The van der Waals surface area contributed by atoms with Gasteiger partial charge in [0.05, 0.1) is 24.2 Å². The largest absolute Gasteiger partial charge is 0.497 e. The highest BCUT2D eigenvalue weighted by Crippen LogP contribution is 2.33. The van der Waals surface area contributed by atoms with Crippen LogP contribution in [0.1, 0.15) is 12.8 Å². The molecule has 1 aliphatic carbocycles. The molecule has 8 heteroatoms. The molecule has 2 atom stereocenters. The number of aromatic nitrogens is 1. The van der Waals surface area contributed by atoms with Crippen LogP contribution in [0.5, 0.6) is 5.75 Å². The van der Waals surface area contributed by atoms with Crippen molar-refractivity contribution in [2.24, 2.45) is 10.9 Å². The van der Waals surface area contributed by atoms with Crippen molar-refractivity contribution >= 4 is 34.4 Å². The Kier molecular flexibility index (Phi) is 6.05. The summed E-state index contributed by atoms with van der Waals surface area (Å²) >= 11 is 0. The van der Waals surface area contributed by atoms with Gasteiger partial charge in [-0.2, -0.15) is 0 Å². The number of ketones is 2. The fourth-order valence-electron chi connectivity index (χ4n) is 6.06. The molecule has 36 heavy (non-hydrogen) atoms. The zero-order chi connectivity index (χ0) is 24.6. The lowest BCUT2D eigenvalue weighted by Gasteiger charge is -2.45. The molecule has 4 aliphatic rings. The van der Waals surface area contributed by atoms with Crippen LogP contribution in [0.2, 0.25) is 0 Å². The molecule has 4 heterocycles. The molecule has 1 aromatic carbocycles. The van der Waals surface area contributed by atoms with Crippen LogP contribution in [0.4, 0.5) is 5.69 Å². The van der Waals surface area contributed by atoms with Crippen LogP contribution in [0.15, 0.2) is 59.4 Å². The lowest BCUT2D eigenvalue weighted by Crippen LogP contribution is -2.54. The molecule has 0 spiro atoms. The van der Waals surface area contributed by atoms with Crippen molar-refractivity contribution in [1.29, 1.82) is 0 Å². The van der Waals surface area contributed by atoms with Crippen molar-refractivity contribution in [2.75, 3.05) is 51.3 Å². The van der Waals surface area contributed by atoms with Gasteiger partial charge >= 0.3 is 0 Å². The summed E-state index contributed by atoms with van der Waals surface area (Å²) in [5, 5.41) is 1.10. The van der Waals surface area contributed by atoms with E-state index in [1.807, 2.05) is 24.4 Å². The topological polar surface area (TPSA) is 78.3 Å². The number of methoxy groups -OCH3 is 1. The van der Waals surface area contributed by atoms with Gasteiger partial charge in [0, 0.05) is 80.9 Å². The minimum Gasteiger partial charge on any atom is -0.497 e. The van der Waals surface area contributed by atoms with E-state index < -0.39 is 11.7 Å². The average Bonchev–Trinajstić information content (AvgIpc) is 2.94. The fraction of sp³-hybridized carbons (Fsp3) is 0.429. The van der Waals surface area contributed by atoms with Crippen molar-refractivity contribution in [1.82, 2.24) is 14.8 Å². The number of anilines is 1. The Morgan fingerprint density at radius 3 is 2.58 bits per heavy atom. The zero-order valence-corrected chi connectivity index (χ0v) is 20.5. The maximum absolute atomic E-state index is 12.3. The molecule has 1 aromatic heterocycles. The Morgan fingerprint density at radius 1 is 1.00 bits per heavy atom. The standard InChI is InChI=1S/C28H31N5O3/c1-36-21-16-19-4-2-8-29-26(19)23(17-21)33-14-12-31(13-15-33)20-6-10-32(11-7-20)24-18-25(34)28(35)22-5-3-9-30-27(22)24/h2-5,8-9,16-18,20,22,27H,6-7,10-15H2,1H3. The van der Waals surface area contributed by atoms with Gasteiger partial charge in [-0.05, 0) is 31.1 Å². The zero-order valence-electron chi connectivity index (χ0n) is 20.5. The number of ether oxygens (including phenoxy) is 1. The first-order valence-corrected chi connectivity index (χ1v) is 12.8. The molecule has 2 saturated heterocycles. The third-order valence-electron chi connectivity index (χ3n) is 8.01. The van der Waals surface area contributed by atoms with E-state index >= 15 is 0 Å². The summed E-state index contributed by atoms with van der Waals surface area (Å²) < 4.78 is 5.55. The number of aliphatic imine (C=N–C) groups is 1. The summed E-state index contributed by atoms with van der Waals surface area (Å²) in [5.41, 5.74) is 3.07. The van der Waals surface area contributed by atoms with Crippen molar-refractivity contribution in [2.45, 2.75) is 24.9 Å². The Balaban J connectivity index is 1.10. The molecule has 186 valence electrons. The normalized spacial score (nSPS) is 25.3. The van der Waals surface area contributed by atoms with Gasteiger partial charge in [0.2, 0.25) is 11.6 Å². The summed E-state index contributed by atoms with van der Waals surface area (Å²) in [6.45, 7) is 5.67. The number of fused-ring (bicyclic) bond motifs is 2. The molecule has 8 nitrogen and oxygen atoms in total. The molecule has 2 fully saturated rings. The van der Waals surface area contributed by atoms with Crippen LogP contribution >= 0.6 is 0 Å². The molecule has 0 N–H and O–H groups in total. The van der Waals surface area contributed by atoms with Crippen molar-refractivity contribution in [3.8, 4) is 5.75 Å². The number of Topliss-reactive ketones (excluding diaryl/α,β-unsaturated/α-hetero) is 1. The number of hydrogen-bond donors (Lipinski definition) is 0. The van der Waals surface area contributed by atoms with Gasteiger partial charge in [-0.1, -0.05) is 12.1 Å². The minimum atomic E-state index is -0.449. The van der Waals surface area contributed by atoms with Gasteiger partial charge < -0.3 is 14.5 Å². The third-order valence-corrected chi connectivity index (χ3v) is 8.01. The molecule has 3 aliphatic heterocycles. The number of allylic oxidation sites excluding steroid dienone is 2. The van der Waals surface area contributed by atoms with Crippen LogP contribution < -0.4 is 9.64 Å². The molecular weight excluding hydrogens is 454 g/mol. The Labute approximate surface area is 210 Å². The van der Waals surface area contributed by atoms with Crippen molar-refractivity contribution in [3.05, 3.63) is 54.4 Å². The van der Waals surface area contributed by atoms with Gasteiger partial charge in [0.15, 0.2) is 0 Å². The van der Waals surface area contributed by atoms with E-state index in [9.17, 15) is 9.59 Å². The van der Waals surface area contributed by atoms with Crippen LogP contribution in [-0.4, -0.2) is 91.0 Å². The molecule has 0 bridgehead atoms. The van der Waals surface area contributed by atoms with Gasteiger partial charge in [0.1, 0.15) is 11.8 Å². The van der Waals surface area contributed by atoms with E-state index in [2.05, 4.69) is 36.8 Å². The molecule has 2 aromatic rings. The van der Waals surface area contributed by atoms with E-state index in [4.69, 9.17) is 4.74 Å². The van der Waals surface area contributed by atoms with E-state index in [0.717, 1.165) is 80.1 Å². The SMILES string of the molecule is COc1cc(N2CCN(C3CCN(C4=CC(=O)C(=O)C5C=CC=NC45)CC3)CC2)c2ncccc2c1. The Morgan fingerprint density at radius 2 is 1.81 bits per heavy atom. The third kappa shape index (κ3) is 4.09. The molecule has 6 rings (SSSR count). The van der Waals surface area contributed by atoms with Crippen molar-refractivity contribution in [3.63, 3.8) is 0 Å². The lowest BCUT2D eigenvalue weighted by molar-refractivity contribution is -0.136. The number of dihydropyridines is 1. The van der Waals surface area contributed by atoms with Crippen molar-refractivity contribution < 1.29 is 14.3 Å². The Hall–Kier alpha value is -3.52. The van der Waals surface area contributed by atoms with Crippen LogP contribution in [-0.2, 0) is 9.59 Å². The summed E-state index contributed by atoms with van der Waals surface area (Å²) in [6.07, 6.45) is 10.8. The second-order valence-electron chi connectivity index (χ2n) is 9.91. The Bertz CT molecular complexity index is 1270. The number of piperidine rings is 1. The van der Waals surface area contributed by atoms with Crippen LogP contribution in [0.25, 0.3) is 10.9 Å². The number of pyridine rings is 1. The number of hydrogen-bond acceptors (Lipinski definition) is 8. The number of piperazine rings is 1. The quantitative estimate of drug-likeness (QED) is 0.616. The first-order chi connectivity index (χ1) is 17.6. The predicted molar refractivity (Wildman–Crippen MR) is 140 cm³/mol. The highest BCUT2D eigenvalue weighted by Gasteiger charge is 2.40. The van der Waals surface area contributed by atoms with E-state index in [1.165, 1.54) is 6.08 Å². The van der Waals surface area contributed by atoms with Gasteiger partial charge in [-0.15, -0.1) is 0 Å². The van der Waals surface area contributed by atoms with E-state index in [0.29, 0.717) is 6.04 Å². The highest BCUT2D eigenvalue weighted by molar-refractivity contribution is 6.43. The summed E-state index contributed by atoms with van der Waals surface area (Å²) in [7, 11) is 1.71. The lowest BCUT2D eigenvalue weighted by atomic mass is 9.83. The van der Waals surface area contributed by atoms with Gasteiger partial charge in [-0.3, -0.25) is 24.5 Å². The second kappa shape index (κ2) is 9.50. The summed E-state index contributed by atoms with van der Waals surface area (Å²) in [6, 6.07) is 8.45. The number of carbonyl (C=O) groups excluding carboxylic acids is 2. The van der Waals surface area contributed by atoms with Gasteiger partial charge in [-0.25, -0.2) is 0 Å². The number of likely N-dealkylation sites (tertiary alicyclic amines) is 1. The molecule has 0 saturated carbocycles. The number of rotatable bonds is 4. The number of nitrogens with zero attached hydrogens (tertiary/aromatic N) is 5. The van der Waals surface area contributed by atoms with E-state index in [1.54, 1.807) is 19.4 Å². The van der Waals surface area contributed by atoms with E-state index in [-0.39, 0.29) is 11.8 Å². The first-order valence-electron chi connectivity index (χ1n) is 12.8. The molecule has 0 radical (unpaired) electrons. The number of carbonyl (C=O) groups is 2. The molecule has 0 amide bonds. The first kappa shape index (κ1) is 22.9. The summed E-state index contributed by atoms with van der Waals surface area (Å²) in [5.74, 6) is -0.331. The molecular formula is C28H31N5O3. The monoisotopic (exact) mass is 485 g/mol.